The van der Waals surface area contributed by atoms with Crippen LogP contribution in [0.15, 0.2) is 77.3 Å². The summed E-state index contributed by atoms with van der Waals surface area (Å²) in [6.45, 7) is -0.198. The quantitative estimate of drug-likeness (QED) is 0.620. The fourth-order valence-electron chi connectivity index (χ4n) is 2.56. The average molecular weight is 425 g/mol. The van der Waals surface area contributed by atoms with Gasteiger partial charge in [-0.1, -0.05) is 48.5 Å². The van der Waals surface area contributed by atoms with Crippen molar-refractivity contribution in [3.63, 3.8) is 0 Å². The van der Waals surface area contributed by atoms with Gasteiger partial charge in [-0.15, -0.1) is 0 Å². The molecule has 27 heavy (non-hydrogen) atoms. The van der Waals surface area contributed by atoms with Gasteiger partial charge in [0.25, 0.3) is 11.8 Å². The van der Waals surface area contributed by atoms with Gasteiger partial charge in [0.2, 0.25) is 0 Å². The first kappa shape index (κ1) is 18.7. The zero-order valence-electron chi connectivity index (χ0n) is 14.3. The van der Waals surface area contributed by atoms with Gasteiger partial charge in [-0.3, -0.25) is 9.59 Å². The second kappa shape index (κ2) is 8.51. The lowest BCUT2D eigenvalue weighted by Crippen LogP contribution is -2.23. The molecule has 3 rings (SSSR count). The van der Waals surface area contributed by atoms with E-state index in [9.17, 15) is 9.59 Å². The first-order valence-corrected chi connectivity index (χ1v) is 9.00. The Labute approximate surface area is 165 Å². The van der Waals surface area contributed by atoms with Crippen molar-refractivity contribution in [3.8, 4) is 16.9 Å². The molecule has 0 radical (unpaired) electrons. The Bertz CT molecular complexity index is 974. The van der Waals surface area contributed by atoms with Crippen molar-refractivity contribution in [2.24, 2.45) is 5.73 Å². The fraction of sp³-hybridized carbons (Fsp3) is 0.0476. The van der Waals surface area contributed by atoms with E-state index < -0.39 is 5.91 Å². The van der Waals surface area contributed by atoms with Crippen molar-refractivity contribution < 1.29 is 14.3 Å². The Kier molecular flexibility index (Phi) is 5.88. The number of primary amides is 1. The van der Waals surface area contributed by atoms with E-state index in [-0.39, 0.29) is 18.1 Å². The molecule has 0 unspecified atom stereocenters. The van der Waals surface area contributed by atoms with Crippen molar-refractivity contribution in [1.29, 1.82) is 0 Å². The number of halogens is 1. The number of carbonyl (C=O) groups is 2. The Hall–Kier alpha value is -3.12. The smallest absolute Gasteiger partial charge is 0.262 e. The number of para-hydroxylation sites is 1. The first-order chi connectivity index (χ1) is 13.0. The minimum atomic E-state index is -0.605. The van der Waals surface area contributed by atoms with Crippen LogP contribution in [0.2, 0.25) is 0 Å². The second-order valence-corrected chi connectivity index (χ2v) is 6.61. The van der Waals surface area contributed by atoms with Gasteiger partial charge in [-0.05, 0) is 51.3 Å². The Morgan fingerprint density at radius 3 is 2.33 bits per heavy atom. The molecule has 3 N–H and O–H groups in total. The van der Waals surface area contributed by atoms with E-state index in [2.05, 4.69) is 21.2 Å². The summed E-state index contributed by atoms with van der Waals surface area (Å²) in [4.78, 5) is 23.6. The molecule has 3 aromatic rings. The highest BCUT2D eigenvalue weighted by Gasteiger charge is 2.12. The number of anilines is 1. The van der Waals surface area contributed by atoms with Crippen molar-refractivity contribution >= 4 is 33.4 Å². The van der Waals surface area contributed by atoms with Crippen LogP contribution >= 0.6 is 15.9 Å². The molecular formula is C21H17BrN2O3. The van der Waals surface area contributed by atoms with Gasteiger partial charge in [0.05, 0.1) is 15.7 Å². The van der Waals surface area contributed by atoms with Crippen molar-refractivity contribution in [2.45, 2.75) is 0 Å². The van der Waals surface area contributed by atoms with Gasteiger partial charge in [0, 0.05) is 0 Å². The molecular weight excluding hydrogens is 408 g/mol. The molecule has 0 aliphatic rings. The molecule has 0 saturated heterocycles. The van der Waals surface area contributed by atoms with Gasteiger partial charge < -0.3 is 15.8 Å². The highest BCUT2D eigenvalue weighted by atomic mass is 79.9. The molecule has 6 heteroatoms. The van der Waals surface area contributed by atoms with Gasteiger partial charge in [-0.2, -0.15) is 0 Å². The third kappa shape index (κ3) is 4.74. The van der Waals surface area contributed by atoms with Crippen LogP contribution in [0.25, 0.3) is 11.1 Å². The van der Waals surface area contributed by atoms with Gasteiger partial charge in [0.1, 0.15) is 5.75 Å². The highest BCUT2D eigenvalue weighted by molar-refractivity contribution is 9.10. The standard InChI is InChI=1S/C21H17BrN2O3/c22-17-12-15(14-6-2-1-3-7-14)10-11-19(17)27-13-20(25)24-18-9-5-4-8-16(18)21(23)26/h1-12H,13H2,(H2,23,26)(H,24,25). The zero-order chi connectivity index (χ0) is 19.2. The molecule has 5 nitrogen and oxygen atoms in total. The molecule has 0 aliphatic carbocycles. The topological polar surface area (TPSA) is 81.4 Å². The molecule has 0 aliphatic heterocycles. The highest BCUT2D eigenvalue weighted by Crippen LogP contribution is 2.30. The lowest BCUT2D eigenvalue weighted by Gasteiger charge is -2.11. The van der Waals surface area contributed by atoms with Crippen LogP contribution < -0.4 is 15.8 Å². The summed E-state index contributed by atoms with van der Waals surface area (Å²) < 4.78 is 6.33. The van der Waals surface area contributed by atoms with Crippen molar-refractivity contribution in [1.82, 2.24) is 0 Å². The second-order valence-electron chi connectivity index (χ2n) is 5.76. The maximum Gasteiger partial charge on any atom is 0.262 e. The maximum atomic E-state index is 12.2. The van der Waals surface area contributed by atoms with E-state index in [4.69, 9.17) is 10.5 Å². The Morgan fingerprint density at radius 1 is 0.926 bits per heavy atom. The molecule has 0 heterocycles. The SMILES string of the molecule is NC(=O)c1ccccc1NC(=O)COc1ccc(-c2ccccc2)cc1Br. The Morgan fingerprint density at radius 2 is 1.63 bits per heavy atom. The monoisotopic (exact) mass is 424 g/mol. The number of nitrogens with one attached hydrogen (secondary N) is 1. The summed E-state index contributed by atoms with van der Waals surface area (Å²) in [6, 6.07) is 22.2. The predicted molar refractivity (Wildman–Crippen MR) is 109 cm³/mol. The first-order valence-electron chi connectivity index (χ1n) is 8.21. The van der Waals surface area contributed by atoms with E-state index in [0.717, 1.165) is 15.6 Å². The minimum absolute atomic E-state index is 0.198. The van der Waals surface area contributed by atoms with Crippen LogP contribution in [0.5, 0.6) is 5.75 Å². The number of benzene rings is 3. The zero-order valence-corrected chi connectivity index (χ0v) is 15.9. The molecule has 0 saturated carbocycles. The summed E-state index contributed by atoms with van der Waals surface area (Å²) in [7, 11) is 0. The van der Waals surface area contributed by atoms with E-state index in [0.29, 0.717) is 11.4 Å². The van der Waals surface area contributed by atoms with E-state index in [1.54, 1.807) is 30.3 Å². The van der Waals surface area contributed by atoms with Crippen LogP contribution in [0.3, 0.4) is 0 Å². The molecule has 3 aromatic carbocycles. The van der Waals surface area contributed by atoms with Gasteiger partial charge in [0.15, 0.2) is 6.61 Å². The van der Waals surface area contributed by atoms with Crippen molar-refractivity contribution in [3.05, 3.63) is 82.8 Å². The van der Waals surface area contributed by atoms with Gasteiger partial charge >= 0.3 is 0 Å². The molecule has 136 valence electrons. The number of carbonyl (C=O) groups excluding carboxylic acids is 2. The van der Waals surface area contributed by atoms with Crippen LogP contribution in [0.4, 0.5) is 5.69 Å². The summed E-state index contributed by atoms with van der Waals surface area (Å²) in [5.74, 6) is -0.443. The Balaban J connectivity index is 1.65. The third-order valence-corrected chi connectivity index (χ3v) is 4.48. The summed E-state index contributed by atoms with van der Waals surface area (Å²) >= 11 is 3.47. The molecule has 0 aromatic heterocycles. The molecule has 0 fully saturated rings. The lowest BCUT2D eigenvalue weighted by atomic mass is 10.1. The predicted octanol–water partition coefficient (Wildman–Crippen LogP) is 4.23. The lowest BCUT2D eigenvalue weighted by molar-refractivity contribution is -0.118. The largest absolute Gasteiger partial charge is 0.483 e. The van der Waals surface area contributed by atoms with E-state index >= 15 is 0 Å². The number of ether oxygens (including phenoxy) is 1. The molecule has 0 atom stereocenters. The van der Waals surface area contributed by atoms with Gasteiger partial charge in [-0.25, -0.2) is 0 Å². The summed E-state index contributed by atoms with van der Waals surface area (Å²) in [5.41, 5.74) is 8.04. The van der Waals surface area contributed by atoms with Crippen LogP contribution in [0.1, 0.15) is 10.4 Å². The third-order valence-electron chi connectivity index (χ3n) is 3.86. The summed E-state index contributed by atoms with van der Waals surface area (Å²) in [5, 5.41) is 2.64. The molecule has 2 amide bonds. The van der Waals surface area contributed by atoms with E-state index in [1.807, 2.05) is 42.5 Å². The fourth-order valence-corrected chi connectivity index (χ4v) is 3.06. The van der Waals surface area contributed by atoms with Crippen LogP contribution in [-0.4, -0.2) is 18.4 Å². The van der Waals surface area contributed by atoms with Crippen molar-refractivity contribution in [2.75, 3.05) is 11.9 Å². The van der Waals surface area contributed by atoms with Crippen LogP contribution in [0, 0.1) is 0 Å². The number of nitrogens with two attached hydrogens (primary N) is 1. The minimum Gasteiger partial charge on any atom is -0.483 e. The maximum absolute atomic E-state index is 12.2. The molecule has 0 spiro atoms. The van der Waals surface area contributed by atoms with E-state index in [1.165, 1.54) is 0 Å². The number of hydrogen-bond acceptors (Lipinski definition) is 3. The number of rotatable bonds is 6. The molecule has 0 bridgehead atoms. The number of hydrogen-bond donors (Lipinski definition) is 2. The van der Waals surface area contributed by atoms with Crippen LogP contribution in [-0.2, 0) is 4.79 Å². The summed E-state index contributed by atoms with van der Waals surface area (Å²) in [6.07, 6.45) is 0. The average Bonchev–Trinajstić information content (AvgIpc) is 2.68. The normalized spacial score (nSPS) is 10.3. The number of amides is 2.